The number of rotatable bonds is 8. The molecule has 1 atom stereocenters. The van der Waals surface area contributed by atoms with Gasteiger partial charge in [0, 0.05) is 23.9 Å². The maximum Gasteiger partial charge on any atom is 0.407 e. The van der Waals surface area contributed by atoms with Gasteiger partial charge in [-0.1, -0.05) is 62.4 Å². The summed E-state index contributed by atoms with van der Waals surface area (Å²) in [6.07, 6.45) is 2.17. The third kappa shape index (κ3) is 5.84. The van der Waals surface area contributed by atoms with Crippen molar-refractivity contribution in [3.05, 3.63) is 59.7 Å². The highest BCUT2D eigenvalue weighted by Gasteiger charge is 2.31. The van der Waals surface area contributed by atoms with Crippen LogP contribution in [0.3, 0.4) is 0 Å². The standard InChI is InChI=1S/C28H34N2O5/c1-17(2)25(15-26(31)32)30-27(33)18-11-13-19(14-12-18)29-28(34)35-16-24-22-9-5-3-7-20(22)21-8-4-6-10-23(21)24/h3-10,17-19,24-25H,11-16H2,1-2H3,(H,29,34)(H,30,33)(H,31,32)/t18?,19?,25-/m0/s1. The molecule has 2 aromatic rings. The molecule has 3 N–H and O–H groups in total. The van der Waals surface area contributed by atoms with E-state index in [1.165, 1.54) is 22.3 Å². The molecule has 0 spiro atoms. The molecule has 0 bridgehead atoms. The molecule has 2 aromatic carbocycles. The van der Waals surface area contributed by atoms with Crippen molar-refractivity contribution in [2.24, 2.45) is 11.8 Å². The summed E-state index contributed by atoms with van der Waals surface area (Å²) in [5.41, 5.74) is 4.74. The Morgan fingerprint density at radius 2 is 1.51 bits per heavy atom. The molecule has 35 heavy (non-hydrogen) atoms. The Kier molecular flexibility index (Phi) is 7.73. The number of alkyl carbamates (subject to hydrolysis) is 1. The van der Waals surface area contributed by atoms with Crippen LogP contribution in [-0.4, -0.2) is 41.8 Å². The van der Waals surface area contributed by atoms with Gasteiger partial charge in [0.1, 0.15) is 6.61 Å². The van der Waals surface area contributed by atoms with Gasteiger partial charge in [0.2, 0.25) is 5.91 Å². The van der Waals surface area contributed by atoms with Crippen LogP contribution in [0.1, 0.15) is 63.0 Å². The molecule has 0 aliphatic heterocycles. The lowest BCUT2D eigenvalue weighted by molar-refractivity contribution is -0.138. The van der Waals surface area contributed by atoms with E-state index in [-0.39, 0.29) is 48.8 Å². The highest BCUT2D eigenvalue weighted by Crippen LogP contribution is 2.44. The van der Waals surface area contributed by atoms with Gasteiger partial charge in [-0.3, -0.25) is 9.59 Å². The third-order valence-corrected chi connectivity index (χ3v) is 7.29. The van der Waals surface area contributed by atoms with E-state index in [0.29, 0.717) is 25.7 Å². The minimum absolute atomic E-state index is 0.0206. The van der Waals surface area contributed by atoms with Crippen molar-refractivity contribution in [1.82, 2.24) is 10.6 Å². The Bertz CT molecular complexity index is 1030. The summed E-state index contributed by atoms with van der Waals surface area (Å²) in [6, 6.07) is 16.1. The van der Waals surface area contributed by atoms with E-state index < -0.39 is 12.1 Å². The SMILES string of the molecule is CC(C)[C@H](CC(=O)O)NC(=O)C1CCC(NC(=O)OCC2c3ccccc3-c3ccccc32)CC1. The molecule has 2 amide bonds. The zero-order valence-electron chi connectivity index (χ0n) is 20.3. The fraction of sp³-hybridized carbons (Fsp3) is 0.464. The zero-order valence-corrected chi connectivity index (χ0v) is 20.3. The van der Waals surface area contributed by atoms with E-state index >= 15 is 0 Å². The molecule has 186 valence electrons. The first-order chi connectivity index (χ1) is 16.8. The summed E-state index contributed by atoms with van der Waals surface area (Å²) in [6.45, 7) is 4.09. The van der Waals surface area contributed by atoms with Crippen molar-refractivity contribution < 1.29 is 24.2 Å². The molecule has 2 aliphatic rings. The Morgan fingerprint density at radius 3 is 2.06 bits per heavy atom. The first kappa shape index (κ1) is 24.8. The molecule has 0 saturated heterocycles. The van der Waals surface area contributed by atoms with Gasteiger partial charge in [-0.2, -0.15) is 0 Å². The molecule has 7 heteroatoms. The van der Waals surface area contributed by atoms with Crippen LogP contribution in [0, 0.1) is 11.8 Å². The number of carboxylic acids is 1. The lowest BCUT2D eigenvalue weighted by Gasteiger charge is -2.30. The van der Waals surface area contributed by atoms with E-state index in [1.54, 1.807) is 0 Å². The Labute approximate surface area is 206 Å². The van der Waals surface area contributed by atoms with Crippen LogP contribution in [0.2, 0.25) is 0 Å². The van der Waals surface area contributed by atoms with Crippen molar-refractivity contribution in [3.8, 4) is 11.1 Å². The smallest absolute Gasteiger partial charge is 0.407 e. The third-order valence-electron chi connectivity index (χ3n) is 7.29. The van der Waals surface area contributed by atoms with Gasteiger partial charge < -0.3 is 20.5 Å². The number of ether oxygens (including phenoxy) is 1. The van der Waals surface area contributed by atoms with Gasteiger partial charge in [0.05, 0.1) is 6.42 Å². The molecule has 4 rings (SSSR count). The van der Waals surface area contributed by atoms with Gasteiger partial charge in [0.15, 0.2) is 0 Å². The molecular weight excluding hydrogens is 444 g/mol. The minimum atomic E-state index is -0.917. The number of carboxylic acid groups (broad SMARTS) is 1. The van der Waals surface area contributed by atoms with Crippen molar-refractivity contribution in [1.29, 1.82) is 0 Å². The van der Waals surface area contributed by atoms with E-state index in [9.17, 15) is 14.4 Å². The molecular formula is C28H34N2O5. The fourth-order valence-corrected chi connectivity index (χ4v) is 5.25. The predicted molar refractivity (Wildman–Crippen MR) is 133 cm³/mol. The van der Waals surface area contributed by atoms with E-state index in [4.69, 9.17) is 9.84 Å². The number of amides is 2. The van der Waals surface area contributed by atoms with Crippen LogP contribution in [0.5, 0.6) is 0 Å². The topological polar surface area (TPSA) is 105 Å². The molecule has 7 nitrogen and oxygen atoms in total. The lowest BCUT2D eigenvalue weighted by atomic mass is 9.85. The summed E-state index contributed by atoms with van der Waals surface area (Å²) in [4.78, 5) is 36.3. The van der Waals surface area contributed by atoms with Gasteiger partial charge >= 0.3 is 12.1 Å². The second kappa shape index (κ2) is 10.9. The van der Waals surface area contributed by atoms with Crippen LogP contribution in [0.4, 0.5) is 4.79 Å². The normalized spacial score (nSPS) is 20.0. The van der Waals surface area contributed by atoms with E-state index in [0.717, 1.165) is 0 Å². The quantitative estimate of drug-likeness (QED) is 0.510. The van der Waals surface area contributed by atoms with Crippen molar-refractivity contribution >= 4 is 18.0 Å². The Hall–Kier alpha value is -3.35. The second-order valence-electron chi connectivity index (χ2n) is 9.98. The largest absolute Gasteiger partial charge is 0.481 e. The monoisotopic (exact) mass is 478 g/mol. The highest BCUT2D eigenvalue weighted by molar-refractivity contribution is 5.80. The molecule has 1 fully saturated rings. The highest BCUT2D eigenvalue weighted by atomic mass is 16.5. The number of benzene rings is 2. The molecule has 0 radical (unpaired) electrons. The summed E-state index contributed by atoms with van der Waals surface area (Å²) in [5.74, 6) is -1.11. The second-order valence-corrected chi connectivity index (χ2v) is 9.98. The average molecular weight is 479 g/mol. The molecule has 0 heterocycles. The molecule has 0 aromatic heterocycles. The number of aliphatic carboxylic acids is 1. The van der Waals surface area contributed by atoms with Crippen LogP contribution < -0.4 is 10.6 Å². The molecule has 1 saturated carbocycles. The van der Waals surface area contributed by atoms with Crippen molar-refractivity contribution in [2.75, 3.05) is 6.61 Å². The Balaban J connectivity index is 1.25. The maximum atomic E-state index is 12.7. The lowest BCUT2D eigenvalue weighted by Crippen LogP contribution is -2.45. The fourth-order valence-electron chi connectivity index (χ4n) is 5.25. The average Bonchev–Trinajstić information content (AvgIpc) is 3.16. The number of nitrogens with one attached hydrogen (secondary N) is 2. The van der Waals surface area contributed by atoms with Crippen molar-refractivity contribution in [3.63, 3.8) is 0 Å². The van der Waals surface area contributed by atoms with Gasteiger partial charge in [-0.05, 0) is 53.9 Å². The number of carbonyl (C=O) groups is 3. The van der Waals surface area contributed by atoms with Crippen LogP contribution in [0.15, 0.2) is 48.5 Å². The first-order valence-electron chi connectivity index (χ1n) is 12.5. The summed E-state index contributed by atoms with van der Waals surface area (Å²) in [7, 11) is 0. The van der Waals surface area contributed by atoms with Crippen LogP contribution in [-0.2, 0) is 14.3 Å². The van der Waals surface area contributed by atoms with E-state index in [2.05, 4.69) is 34.9 Å². The number of hydrogen-bond donors (Lipinski definition) is 3. The Morgan fingerprint density at radius 1 is 0.943 bits per heavy atom. The summed E-state index contributed by atoms with van der Waals surface area (Å²) < 4.78 is 5.65. The van der Waals surface area contributed by atoms with E-state index in [1.807, 2.05) is 38.1 Å². The number of hydrogen-bond acceptors (Lipinski definition) is 4. The van der Waals surface area contributed by atoms with Gasteiger partial charge in [0.25, 0.3) is 0 Å². The number of carbonyl (C=O) groups excluding carboxylic acids is 2. The van der Waals surface area contributed by atoms with Crippen LogP contribution >= 0.6 is 0 Å². The van der Waals surface area contributed by atoms with Crippen molar-refractivity contribution in [2.45, 2.75) is 64.0 Å². The maximum absolute atomic E-state index is 12.7. The first-order valence-corrected chi connectivity index (χ1v) is 12.5. The predicted octanol–water partition coefficient (Wildman–Crippen LogP) is 4.70. The van der Waals surface area contributed by atoms with Gasteiger partial charge in [-0.15, -0.1) is 0 Å². The van der Waals surface area contributed by atoms with Crippen LogP contribution in [0.25, 0.3) is 11.1 Å². The molecule has 2 aliphatic carbocycles. The summed E-state index contributed by atoms with van der Waals surface area (Å²) >= 11 is 0. The molecule has 0 unspecified atom stereocenters. The summed E-state index contributed by atoms with van der Waals surface area (Å²) in [5, 5.41) is 15.0. The number of fused-ring (bicyclic) bond motifs is 3. The zero-order chi connectivity index (χ0) is 24.9. The van der Waals surface area contributed by atoms with Gasteiger partial charge in [-0.25, -0.2) is 4.79 Å². The minimum Gasteiger partial charge on any atom is -0.481 e.